The van der Waals surface area contributed by atoms with Crippen molar-refractivity contribution in [3.8, 4) is 0 Å². The Morgan fingerprint density at radius 1 is 1.00 bits per heavy atom. The van der Waals surface area contributed by atoms with Gasteiger partial charge in [-0.2, -0.15) is 0 Å². The third-order valence-corrected chi connectivity index (χ3v) is 0. The zero-order valence-electron chi connectivity index (χ0n) is 3.06. The van der Waals surface area contributed by atoms with Gasteiger partial charge in [-0.3, -0.25) is 0 Å². The summed E-state index contributed by atoms with van der Waals surface area (Å²) < 4.78 is 0. The second kappa shape index (κ2) is 27.2. The van der Waals surface area contributed by atoms with E-state index in [0.29, 0.717) is 0 Å². The van der Waals surface area contributed by atoms with Crippen molar-refractivity contribution in [2.24, 2.45) is 0 Å². The predicted molar refractivity (Wildman–Crippen MR) is 6.44 cm³/mol. The first-order valence-electron chi connectivity index (χ1n) is 0. The van der Waals surface area contributed by atoms with Crippen molar-refractivity contribution in [2.45, 2.75) is 0 Å². The maximum atomic E-state index is 0. The number of rotatable bonds is 0. The van der Waals surface area contributed by atoms with E-state index >= 15 is 0 Å². The molecule has 0 rings (SSSR count). The quantitative estimate of drug-likeness (QED) is 0.412. The molecule has 0 aliphatic carbocycles. The summed E-state index contributed by atoms with van der Waals surface area (Å²) in [6.45, 7) is 0. The molecule has 8 valence electrons. The normalized spacial score (nSPS) is 0. The maximum Gasteiger partial charge on any atom is 4.00 e. The van der Waals surface area contributed by atoms with Gasteiger partial charge in [-0.25, -0.2) is 0 Å². The van der Waals surface area contributed by atoms with Crippen LogP contribution in [0.4, 0.5) is 0 Å². The van der Waals surface area contributed by atoms with Crippen LogP contribution in [-0.4, -0.2) is 17.4 Å². The molecule has 0 aliphatic rings. The van der Waals surface area contributed by atoms with Crippen LogP contribution in [0.25, 0.3) is 0 Å². The van der Waals surface area contributed by atoms with E-state index in [1.807, 2.05) is 0 Å². The molecule has 5 heavy (non-hydrogen) atoms. The van der Waals surface area contributed by atoms with E-state index in [1.165, 1.54) is 0 Å². The average Bonchev–Trinajstić information content (AvgIpc) is 0. The molecule has 0 aliphatic heterocycles. The van der Waals surface area contributed by atoms with Crippen LogP contribution in [0.2, 0.25) is 0 Å². The van der Waals surface area contributed by atoms with Crippen LogP contribution < -0.4 is 18.9 Å². The van der Waals surface area contributed by atoms with Crippen molar-refractivity contribution in [3.63, 3.8) is 0 Å². The minimum Gasteiger partial charge on any atom is -2.00 e. The first kappa shape index (κ1) is 41.8. The van der Waals surface area contributed by atoms with Gasteiger partial charge in [0.05, 0.1) is 0 Å². The monoisotopic (exact) mass is 279 g/mol. The predicted octanol–water partition coefficient (Wildman–Crippen LogP) is -3.50. The molecule has 0 aromatic carbocycles. The molecule has 0 aromatic heterocycles. The molecule has 0 saturated heterocycles. The fraction of sp³-hybridized carbons (Fsp3) is 0. The molecular weight excluding hydrogens is 280 g/mol. The van der Waals surface area contributed by atoms with Crippen molar-refractivity contribution < 1.29 is 86.1 Å². The zero-order chi connectivity index (χ0) is 0. The van der Waals surface area contributed by atoms with Gasteiger partial charge in [0.1, 0.15) is 0 Å². The Morgan fingerprint density at radius 3 is 1.00 bits per heavy atom. The number of hydrogen-bond donors (Lipinski definition) is 0. The maximum absolute atomic E-state index is 0. The molecular formula is AlLaLiOZr+9. The Hall–Kier alpha value is 3.17. The summed E-state index contributed by atoms with van der Waals surface area (Å²) in [5.74, 6) is 0. The zero-order valence-corrected chi connectivity index (χ0v) is 10.3. The van der Waals surface area contributed by atoms with Gasteiger partial charge in [-0.1, -0.05) is 0 Å². The molecule has 1 nitrogen and oxygen atoms in total. The van der Waals surface area contributed by atoms with E-state index in [1.54, 1.807) is 0 Å². The van der Waals surface area contributed by atoms with E-state index in [9.17, 15) is 0 Å². The van der Waals surface area contributed by atoms with Crippen LogP contribution in [0, 0.1) is 35.6 Å². The molecule has 0 spiro atoms. The Kier molecular flexibility index (Phi) is 227. The summed E-state index contributed by atoms with van der Waals surface area (Å²) in [5, 5.41) is 0. The van der Waals surface area contributed by atoms with Crippen LogP contribution in [0.3, 0.4) is 0 Å². The Balaban J connectivity index is 0. The first-order valence-corrected chi connectivity index (χ1v) is 0. The Labute approximate surface area is 101 Å². The SMILES string of the molecule is [Al+3].[La+3].[Li+].[O-2].[Zr+4]. The van der Waals surface area contributed by atoms with Gasteiger partial charge in [0.15, 0.2) is 0 Å². The minimum absolute atomic E-state index is 0. The van der Waals surface area contributed by atoms with Crippen molar-refractivity contribution in [2.75, 3.05) is 0 Å². The van der Waals surface area contributed by atoms with Gasteiger partial charge in [0, 0.05) is 0 Å². The van der Waals surface area contributed by atoms with Crippen LogP contribution in [0.1, 0.15) is 0 Å². The van der Waals surface area contributed by atoms with Crippen LogP contribution >= 0.6 is 0 Å². The fourth-order valence-corrected chi connectivity index (χ4v) is 0. The molecule has 0 aromatic rings. The summed E-state index contributed by atoms with van der Waals surface area (Å²) in [5.41, 5.74) is 0. The number of hydrogen-bond acceptors (Lipinski definition) is 0. The van der Waals surface area contributed by atoms with Crippen LogP contribution in [0.15, 0.2) is 0 Å². The van der Waals surface area contributed by atoms with E-state index in [2.05, 4.69) is 0 Å². The van der Waals surface area contributed by atoms with Crippen molar-refractivity contribution in [3.05, 3.63) is 0 Å². The van der Waals surface area contributed by atoms with Gasteiger partial charge in [-0.15, -0.1) is 0 Å². The van der Waals surface area contributed by atoms with Gasteiger partial charge in [0.25, 0.3) is 0 Å². The fourth-order valence-electron chi connectivity index (χ4n) is 0. The van der Waals surface area contributed by atoms with Crippen LogP contribution in [-0.2, 0) is 31.7 Å². The third-order valence-electron chi connectivity index (χ3n) is 0. The molecule has 0 atom stereocenters. The topological polar surface area (TPSA) is 28.5 Å². The summed E-state index contributed by atoms with van der Waals surface area (Å²) >= 11 is 0. The van der Waals surface area contributed by atoms with E-state index in [-0.39, 0.29) is 104 Å². The van der Waals surface area contributed by atoms with Gasteiger partial charge in [-0.05, 0) is 0 Å². The molecule has 0 N–H and O–H groups in total. The second-order valence-corrected chi connectivity index (χ2v) is 0. The summed E-state index contributed by atoms with van der Waals surface area (Å²) in [7, 11) is 0. The largest absolute Gasteiger partial charge is 4.00 e. The smallest absolute Gasteiger partial charge is 2.00 e. The molecule has 0 radical (unpaired) electrons. The Morgan fingerprint density at radius 2 is 1.00 bits per heavy atom. The molecule has 0 saturated carbocycles. The molecule has 0 fully saturated rings. The molecule has 0 amide bonds. The van der Waals surface area contributed by atoms with Gasteiger partial charge < -0.3 is 5.48 Å². The van der Waals surface area contributed by atoms with E-state index in [0.717, 1.165) is 0 Å². The summed E-state index contributed by atoms with van der Waals surface area (Å²) in [6.07, 6.45) is 0. The van der Waals surface area contributed by atoms with Crippen LogP contribution in [0.5, 0.6) is 0 Å². The Bertz CT molecular complexity index is 11.6. The molecule has 0 unspecified atom stereocenters. The van der Waals surface area contributed by atoms with E-state index in [4.69, 9.17) is 0 Å². The van der Waals surface area contributed by atoms with Crippen molar-refractivity contribution >= 4 is 17.4 Å². The second-order valence-electron chi connectivity index (χ2n) is 0. The van der Waals surface area contributed by atoms with Gasteiger partial charge >= 0.3 is 98.0 Å². The standard InChI is InChI=1S/Al.La.Li.O.Zr/q2*+3;+1;-2;+4. The van der Waals surface area contributed by atoms with Gasteiger partial charge in [0.2, 0.25) is 0 Å². The third kappa shape index (κ3) is 19.1. The van der Waals surface area contributed by atoms with Crippen molar-refractivity contribution in [1.82, 2.24) is 0 Å². The average molecular weight is 280 g/mol. The minimum atomic E-state index is 0. The van der Waals surface area contributed by atoms with Crippen molar-refractivity contribution in [1.29, 1.82) is 0 Å². The summed E-state index contributed by atoms with van der Waals surface area (Å²) in [6, 6.07) is 0. The van der Waals surface area contributed by atoms with E-state index < -0.39 is 0 Å². The first-order chi connectivity index (χ1) is 0. The molecule has 0 heterocycles. The molecule has 0 bridgehead atoms. The summed E-state index contributed by atoms with van der Waals surface area (Å²) in [4.78, 5) is 0. The molecule has 5 heteroatoms.